The molecule has 1 aliphatic heterocycles. The Morgan fingerprint density at radius 3 is 3.00 bits per heavy atom. The molecule has 0 bridgehead atoms. The average Bonchev–Trinajstić information content (AvgIpc) is 2.37. The Bertz CT molecular complexity index is 453. The zero-order valence-electron chi connectivity index (χ0n) is 10.1. The van der Waals surface area contributed by atoms with Crippen LogP contribution in [-0.4, -0.2) is 41.1 Å². The number of hydrogen-bond acceptors (Lipinski definition) is 7. The number of rotatable bonds is 3. The number of aromatic nitrogens is 2. The predicted octanol–water partition coefficient (Wildman–Crippen LogP) is 0.321. The lowest BCUT2D eigenvalue weighted by Crippen LogP contribution is -2.43. The molecule has 0 aliphatic carbocycles. The highest BCUT2D eigenvalue weighted by Crippen LogP contribution is 2.34. The van der Waals surface area contributed by atoms with Gasteiger partial charge in [-0.05, 0) is 12.8 Å². The summed E-state index contributed by atoms with van der Waals surface area (Å²) in [6.07, 6.45) is 3.08. The Kier molecular flexibility index (Phi) is 3.56. The van der Waals surface area contributed by atoms with Crippen molar-refractivity contribution in [3.8, 4) is 5.88 Å². The number of nitrogens with two attached hydrogens (primary N) is 1. The predicted molar refractivity (Wildman–Crippen MR) is 64.7 cm³/mol. The summed E-state index contributed by atoms with van der Waals surface area (Å²) in [5.41, 5.74) is 5.67. The van der Waals surface area contributed by atoms with Gasteiger partial charge in [0.1, 0.15) is 6.33 Å². The molecule has 2 heterocycles. The highest BCUT2D eigenvalue weighted by Gasteiger charge is 2.29. The summed E-state index contributed by atoms with van der Waals surface area (Å²) in [4.78, 5) is 20.2. The van der Waals surface area contributed by atoms with E-state index in [0.29, 0.717) is 13.1 Å². The summed E-state index contributed by atoms with van der Waals surface area (Å²) in [7, 11) is 1.35. The summed E-state index contributed by atoms with van der Waals surface area (Å²) in [5.74, 6) is 0.256. The first-order chi connectivity index (χ1) is 8.63. The third-order valence-electron chi connectivity index (χ3n) is 2.90. The first kappa shape index (κ1) is 12.5. The van der Waals surface area contributed by atoms with Crippen molar-refractivity contribution >= 4 is 11.5 Å². The van der Waals surface area contributed by atoms with E-state index in [0.717, 1.165) is 12.8 Å². The molecule has 8 heteroatoms. The van der Waals surface area contributed by atoms with Gasteiger partial charge in [0.05, 0.1) is 12.0 Å². The molecule has 2 rings (SSSR count). The second-order valence-corrected chi connectivity index (χ2v) is 4.16. The molecule has 0 spiro atoms. The molecule has 1 atom stereocenters. The first-order valence-electron chi connectivity index (χ1n) is 5.67. The standard InChI is InChI=1S/C10H15N5O3/c1-18-10-8(15(16)17)9(12-6-13-10)14-4-2-3-7(11)5-14/h6-7H,2-5,11H2,1H3/t7-/m1/s1. The topological polar surface area (TPSA) is 107 Å². The fraction of sp³-hybridized carbons (Fsp3) is 0.600. The highest BCUT2D eigenvalue weighted by atomic mass is 16.6. The van der Waals surface area contributed by atoms with Gasteiger partial charge in [0, 0.05) is 19.1 Å². The van der Waals surface area contributed by atoms with E-state index in [2.05, 4.69) is 9.97 Å². The van der Waals surface area contributed by atoms with Gasteiger partial charge in [0.15, 0.2) is 0 Å². The monoisotopic (exact) mass is 253 g/mol. The Morgan fingerprint density at radius 2 is 2.39 bits per heavy atom. The second-order valence-electron chi connectivity index (χ2n) is 4.16. The van der Waals surface area contributed by atoms with Crippen LogP contribution in [0, 0.1) is 10.1 Å². The Morgan fingerprint density at radius 1 is 1.61 bits per heavy atom. The Labute approximate surface area is 104 Å². The van der Waals surface area contributed by atoms with Crippen LogP contribution < -0.4 is 15.4 Å². The molecule has 0 saturated carbocycles. The lowest BCUT2D eigenvalue weighted by atomic mass is 10.1. The van der Waals surface area contributed by atoms with Crippen LogP contribution in [0.25, 0.3) is 0 Å². The smallest absolute Gasteiger partial charge is 0.372 e. The number of methoxy groups -OCH3 is 1. The summed E-state index contributed by atoms with van der Waals surface area (Å²) in [6, 6.07) is 0.0133. The van der Waals surface area contributed by atoms with E-state index < -0.39 is 4.92 Å². The minimum atomic E-state index is -0.520. The third-order valence-corrected chi connectivity index (χ3v) is 2.90. The van der Waals surface area contributed by atoms with Gasteiger partial charge in [-0.3, -0.25) is 10.1 Å². The normalized spacial score (nSPS) is 19.7. The number of ether oxygens (including phenoxy) is 1. The van der Waals surface area contributed by atoms with Gasteiger partial charge < -0.3 is 15.4 Å². The van der Waals surface area contributed by atoms with Crippen molar-refractivity contribution in [3.05, 3.63) is 16.4 Å². The maximum atomic E-state index is 11.1. The molecule has 0 aromatic carbocycles. The molecule has 0 unspecified atom stereocenters. The molecule has 0 radical (unpaired) electrons. The lowest BCUT2D eigenvalue weighted by molar-refractivity contribution is -0.385. The summed E-state index contributed by atoms with van der Waals surface area (Å²) < 4.78 is 4.91. The molecule has 1 aliphatic rings. The van der Waals surface area contributed by atoms with E-state index >= 15 is 0 Å². The molecule has 0 amide bonds. The zero-order valence-corrected chi connectivity index (χ0v) is 10.1. The fourth-order valence-electron chi connectivity index (χ4n) is 2.10. The van der Waals surface area contributed by atoms with Gasteiger partial charge >= 0.3 is 5.69 Å². The Hall–Kier alpha value is -1.96. The van der Waals surface area contributed by atoms with E-state index in [1.165, 1.54) is 13.4 Å². The zero-order chi connectivity index (χ0) is 13.1. The average molecular weight is 253 g/mol. The van der Waals surface area contributed by atoms with Crippen LogP contribution >= 0.6 is 0 Å². The SMILES string of the molecule is COc1ncnc(N2CCC[C@@H](N)C2)c1[N+](=O)[O-]. The van der Waals surface area contributed by atoms with Gasteiger partial charge in [-0.15, -0.1) is 0 Å². The van der Waals surface area contributed by atoms with Crippen molar-refractivity contribution in [1.29, 1.82) is 0 Å². The van der Waals surface area contributed by atoms with Crippen molar-refractivity contribution in [1.82, 2.24) is 9.97 Å². The van der Waals surface area contributed by atoms with Gasteiger partial charge in [0.2, 0.25) is 5.82 Å². The first-order valence-corrected chi connectivity index (χ1v) is 5.67. The molecule has 18 heavy (non-hydrogen) atoms. The summed E-state index contributed by atoms with van der Waals surface area (Å²) in [6.45, 7) is 1.26. The summed E-state index contributed by atoms with van der Waals surface area (Å²) >= 11 is 0. The quantitative estimate of drug-likeness (QED) is 0.610. The molecule has 98 valence electrons. The number of nitrogens with zero attached hydrogens (tertiary/aromatic N) is 4. The van der Waals surface area contributed by atoms with Crippen LogP contribution in [0.2, 0.25) is 0 Å². The summed E-state index contributed by atoms with van der Waals surface area (Å²) in [5, 5.41) is 11.1. The Balaban J connectivity index is 2.40. The minimum absolute atomic E-state index is 0.0133. The maximum Gasteiger partial charge on any atom is 0.372 e. The number of hydrogen-bond donors (Lipinski definition) is 1. The van der Waals surface area contributed by atoms with Crippen LogP contribution in [0.3, 0.4) is 0 Å². The van der Waals surface area contributed by atoms with E-state index in [9.17, 15) is 10.1 Å². The van der Waals surface area contributed by atoms with Gasteiger partial charge in [-0.2, -0.15) is 4.98 Å². The van der Waals surface area contributed by atoms with Gasteiger partial charge in [0.25, 0.3) is 5.88 Å². The van der Waals surface area contributed by atoms with E-state index in [-0.39, 0.29) is 23.4 Å². The van der Waals surface area contributed by atoms with Gasteiger partial charge in [-0.25, -0.2) is 4.98 Å². The number of anilines is 1. The molecule has 2 N–H and O–H groups in total. The second kappa shape index (κ2) is 5.13. The molecule has 1 fully saturated rings. The van der Waals surface area contributed by atoms with Crippen molar-refractivity contribution in [2.75, 3.05) is 25.1 Å². The van der Waals surface area contributed by atoms with Crippen LogP contribution in [0.5, 0.6) is 5.88 Å². The molecule has 1 aromatic heterocycles. The molecular formula is C10H15N5O3. The molecule has 1 saturated heterocycles. The minimum Gasteiger partial charge on any atom is -0.476 e. The highest BCUT2D eigenvalue weighted by molar-refractivity contribution is 5.62. The maximum absolute atomic E-state index is 11.1. The largest absolute Gasteiger partial charge is 0.476 e. The lowest BCUT2D eigenvalue weighted by Gasteiger charge is -2.31. The fourth-order valence-corrected chi connectivity index (χ4v) is 2.10. The molecule has 1 aromatic rings. The third kappa shape index (κ3) is 2.33. The van der Waals surface area contributed by atoms with Crippen LogP contribution in [0.1, 0.15) is 12.8 Å². The number of nitro groups is 1. The van der Waals surface area contributed by atoms with Crippen LogP contribution in [0.15, 0.2) is 6.33 Å². The van der Waals surface area contributed by atoms with Crippen molar-refractivity contribution in [2.24, 2.45) is 5.73 Å². The molecular weight excluding hydrogens is 238 g/mol. The van der Waals surface area contributed by atoms with E-state index in [1.807, 2.05) is 4.90 Å². The van der Waals surface area contributed by atoms with Crippen molar-refractivity contribution in [2.45, 2.75) is 18.9 Å². The van der Waals surface area contributed by atoms with Crippen LogP contribution in [-0.2, 0) is 0 Å². The van der Waals surface area contributed by atoms with Crippen molar-refractivity contribution < 1.29 is 9.66 Å². The molecule has 8 nitrogen and oxygen atoms in total. The van der Waals surface area contributed by atoms with Crippen molar-refractivity contribution in [3.63, 3.8) is 0 Å². The number of piperidine rings is 1. The van der Waals surface area contributed by atoms with Gasteiger partial charge in [-0.1, -0.05) is 0 Å². The van der Waals surface area contributed by atoms with E-state index in [1.54, 1.807) is 0 Å². The van der Waals surface area contributed by atoms with E-state index in [4.69, 9.17) is 10.5 Å². The van der Waals surface area contributed by atoms with Crippen LogP contribution in [0.4, 0.5) is 11.5 Å².